The van der Waals surface area contributed by atoms with E-state index in [9.17, 15) is 10.1 Å². The van der Waals surface area contributed by atoms with Gasteiger partial charge in [-0.3, -0.25) is 4.79 Å². The van der Waals surface area contributed by atoms with Crippen LogP contribution in [-0.2, 0) is 4.79 Å². The lowest BCUT2D eigenvalue weighted by atomic mass is 9.99. The van der Waals surface area contributed by atoms with Gasteiger partial charge in [0.15, 0.2) is 0 Å². The van der Waals surface area contributed by atoms with E-state index in [-0.39, 0.29) is 5.91 Å². The third-order valence-corrected chi connectivity index (χ3v) is 6.30. The van der Waals surface area contributed by atoms with Gasteiger partial charge < -0.3 is 5.32 Å². The highest BCUT2D eigenvalue weighted by Crippen LogP contribution is 2.34. The highest BCUT2D eigenvalue weighted by atomic mass is 32.2. The first kappa shape index (κ1) is 23.3. The molecular formula is C29H25N3OS. The molecule has 3 aromatic carbocycles. The molecule has 0 aliphatic rings. The lowest BCUT2D eigenvalue weighted by molar-refractivity contribution is -0.115. The van der Waals surface area contributed by atoms with E-state index in [0.29, 0.717) is 22.8 Å². The molecule has 0 unspecified atom stereocenters. The molecule has 1 amide bonds. The summed E-state index contributed by atoms with van der Waals surface area (Å²) in [6.45, 7) is 4.02. The molecule has 0 fully saturated rings. The van der Waals surface area contributed by atoms with E-state index in [0.717, 1.165) is 39.2 Å². The quantitative estimate of drug-likeness (QED) is 0.299. The zero-order valence-electron chi connectivity index (χ0n) is 19.2. The minimum absolute atomic E-state index is 0.0569. The van der Waals surface area contributed by atoms with Crippen molar-refractivity contribution < 1.29 is 4.79 Å². The number of hydrogen-bond donors (Lipinski definition) is 1. The maximum atomic E-state index is 12.5. The van der Waals surface area contributed by atoms with Gasteiger partial charge in [0.1, 0.15) is 11.1 Å². The van der Waals surface area contributed by atoms with Gasteiger partial charge in [-0.05, 0) is 48.7 Å². The number of rotatable bonds is 7. The van der Waals surface area contributed by atoms with Gasteiger partial charge in [-0.15, -0.1) is 11.8 Å². The van der Waals surface area contributed by atoms with E-state index in [1.165, 1.54) is 11.8 Å². The van der Waals surface area contributed by atoms with Crippen LogP contribution in [0.3, 0.4) is 0 Å². The van der Waals surface area contributed by atoms with Crippen LogP contribution in [0, 0.1) is 25.2 Å². The van der Waals surface area contributed by atoms with Crippen molar-refractivity contribution in [1.82, 2.24) is 4.98 Å². The zero-order valence-corrected chi connectivity index (χ0v) is 20.0. The largest absolute Gasteiger partial charge is 0.326 e. The average Bonchev–Trinajstić information content (AvgIpc) is 2.84. The van der Waals surface area contributed by atoms with Crippen LogP contribution in [0.4, 0.5) is 5.69 Å². The van der Waals surface area contributed by atoms with Gasteiger partial charge in [0.05, 0.1) is 11.3 Å². The van der Waals surface area contributed by atoms with Crippen LogP contribution < -0.4 is 5.32 Å². The molecule has 168 valence electrons. The molecule has 0 atom stereocenters. The Morgan fingerprint density at radius 3 is 2.15 bits per heavy atom. The van der Waals surface area contributed by atoms with Crippen molar-refractivity contribution in [2.75, 3.05) is 11.1 Å². The number of carbonyl (C=O) groups is 1. The fourth-order valence-electron chi connectivity index (χ4n) is 3.85. The summed E-state index contributed by atoms with van der Waals surface area (Å²) >= 11 is 1.44. The van der Waals surface area contributed by atoms with Gasteiger partial charge in [-0.25, -0.2) is 4.98 Å². The molecule has 0 radical (unpaired) electrons. The Kier molecular flexibility index (Phi) is 7.41. The maximum Gasteiger partial charge on any atom is 0.225 e. The minimum Gasteiger partial charge on any atom is -0.326 e. The second-order valence-corrected chi connectivity index (χ2v) is 9.19. The second kappa shape index (κ2) is 10.8. The Morgan fingerprint density at radius 1 is 0.912 bits per heavy atom. The topological polar surface area (TPSA) is 65.8 Å². The first-order valence-corrected chi connectivity index (χ1v) is 12.1. The number of carbonyl (C=O) groups excluding carboxylic acids is 1. The number of pyridine rings is 1. The monoisotopic (exact) mass is 463 g/mol. The fraction of sp³-hybridized carbons (Fsp3) is 0.138. The van der Waals surface area contributed by atoms with Gasteiger partial charge in [0.2, 0.25) is 5.91 Å². The standard InChI is InChI=1S/C29H25N3OS/c1-20-15-21(2)17-24(16-20)31-28(33)13-14-34-29-26(19-30)25(22-9-5-3-6-10-22)18-27(32-29)23-11-7-4-8-12-23/h3-12,15-18H,13-14H2,1-2H3,(H,31,33). The molecule has 0 saturated heterocycles. The minimum atomic E-state index is -0.0569. The first-order chi connectivity index (χ1) is 16.5. The summed E-state index contributed by atoms with van der Waals surface area (Å²) in [4.78, 5) is 17.4. The van der Waals surface area contributed by atoms with Gasteiger partial charge in [0, 0.05) is 29.0 Å². The number of nitrogens with zero attached hydrogens (tertiary/aromatic N) is 2. The van der Waals surface area contributed by atoms with Crippen molar-refractivity contribution in [2.24, 2.45) is 0 Å². The molecule has 1 heterocycles. The number of aryl methyl sites for hydroxylation is 2. The Morgan fingerprint density at radius 2 is 1.53 bits per heavy atom. The van der Waals surface area contributed by atoms with Crippen molar-refractivity contribution in [1.29, 1.82) is 5.26 Å². The lowest BCUT2D eigenvalue weighted by Gasteiger charge is -2.13. The second-order valence-electron chi connectivity index (χ2n) is 8.10. The van der Waals surface area contributed by atoms with Crippen molar-refractivity contribution in [2.45, 2.75) is 25.3 Å². The molecule has 0 spiro atoms. The summed E-state index contributed by atoms with van der Waals surface area (Å²) in [6, 6.07) is 30.1. The smallest absolute Gasteiger partial charge is 0.225 e. The molecule has 0 saturated carbocycles. The molecule has 0 bridgehead atoms. The van der Waals surface area contributed by atoms with Crippen molar-refractivity contribution in [3.8, 4) is 28.5 Å². The highest BCUT2D eigenvalue weighted by molar-refractivity contribution is 7.99. The molecule has 0 aliphatic heterocycles. The van der Waals surface area contributed by atoms with Gasteiger partial charge in [-0.1, -0.05) is 66.7 Å². The predicted octanol–water partition coefficient (Wildman–Crippen LogP) is 7.03. The average molecular weight is 464 g/mol. The van der Waals surface area contributed by atoms with Crippen LogP contribution in [0.15, 0.2) is 90.0 Å². The number of hydrogen-bond acceptors (Lipinski definition) is 4. The number of thioether (sulfide) groups is 1. The van der Waals surface area contributed by atoms with E-state index in [1.807, 2.05) is 92.7 Å². The summed E-state index contributed by atoms with van der Waals surface area (Å²) < 4.78 is 0. The van der Waals surface area contributed by atoms with Gasteiger partial charge in [-0.2, -0.15) is 5.26 Å². The number of nitrogens with one attached hydrogen (secondary N) is 1. The molecule has 1 N–H and O–H groups in total. The van der Waals surface area contributed by atoms with Crippen LogP contribution in [0.5, 0.6) is 0 Å². The molecule has 5 heteroatoms. The number of amides is 1. The van der Waals surface area contributed by atoms with Crippen LogP contribution in [0.25, 0.3) is 22.4 Å². The van der Waals surface area contributed by atoms with Crippen LogP contribution in [0.2, 0.25) is 0 Å². The summed E-state index contributed by atoms with van der Waals surface area (Å²) in [5, 5.41) is 13.6. The summed E-state index contributed by atoms with van der Waals surface area (Å²) in [7, 11) is 0. The van der Waals surface area contributed by atoms with Crippen LogP contribution >= 0.6 is 11.8 Å². The Bertz CT molecular complexity index is 1330. The summed E-state index contributed by atoms with van der Waals surface area (Å²) in [5.41, 5.74) is 7.16. The third kappa shape index (κ3) is 5.72. The van der Waals surface area contributed by atoms with E-state index in [1.54, 1.807) is 0 Å². The summed E-state index contributed by atoms with van der Waals surface area (Å²) in [5.74, 6) is 0.462. The van der Waals surface area contributed by atoms with Gasteiger partial charge >= 0.3 is 0 Å². The van der Waals surface area contributed by atoms with E-state index in [2.05, 4.69) is 17.5 Å². The SMILES string of the molecule is Cc1cc(C)cc(NC(=O)CCSc2nc(-c3ccccc3)cc(-c3ccccc3)c2C#N)c1. The van der Waals surface area contributed by atoms with E-state index < -0.39 is 0 Å². The van der Waals surface area contributed by atoms with Gasteiger partial charge in [0.25, 0.3) is 0 Å². The molecule has 0 aliphatic carbocycles. The van der Waals surface area contributed by atoms with Crippen molar-refractivity contribution in [3.63, 3.8) is 0 Å². The molecule has 34 heavy (non-hydrogen) atoms. The molecule has 4 rings (SSSR count). The van der Waals surface area contributed by atoms with E-state index >= 15 is 0 Å². The fourth-order valence-corrected chi connectivity index (χ4v) is 4.79. The molecule has 4 nitrogen and oxygen atoms in total. The number of aromatic nitrogens is 1. The zero-order chi connectivity index (χ0) is 23.9. The Labute approximate surface area is 204 Å². The maximum absolute atomic E-state index is 12.5. The Hall–Kier alpha value is -3.88. The normalized spacial score (nSPS) is 10.5. The first-order valence-electron chi connectivity index (χ1n) is 11.1. The van der Waals surface area contributed by atoms with E-state index in [4.69, 9.17) is 4.98 Å². The lowest BCUT2D eigenvalue weighted by Crippen LogP contribution is -2.12. The molecule has 4 aromatic rings. The number of nitriles is 1. The molecular weight excluding hydrogens is 438 g/mol. The predicted molar refractivity (Wildman–Crippen MR) is 140 cm³/mol. The summed E-state index contributed by atoms with van der Waals surface area (Å²) in [6.07, 6.45) is 0.320. The molecule has 1 aromatic heterocycles. The van der Waals surface area contributed by atoms with Crippen LogP contribution in [-0.4, -0.2) is 16.6 Å². The highest BCUT2D eigenvalue weighted by Gasteiger charge is 2.16. The van der Waals surface area contributed by atoms with Crippen molar-refractivity contribution in [3.05, 3.63) is 102 Å². The van der Waals surface area contributed by atoms with Crippen LogP contribution in [0.1, 0.15) is 23.1 Å². The Balaban J connectivity index is 1.58. The van der Waals surface area contributed by atoms with Crippen molar-refractivity contribution >= 4 is 23.4 Å². The third-order valence-electron chi connectivity index (χ3n) is 5.33. The number of benzene rings is 3. The number of anilines is 1.